The smallest absolute Gasteiger partial charge is 0.235 e. The van der Waals surface area contributed by atoms with Crippen molar-refractivity contribution in [1.82, 2.24) is 19.8 Å². The van der Waals surface area contributed by atoms with Gasteiger partial charge in [-0.05, 0) is 18.2 Å². The van der Waals surface area contributed by atoms with E-state index < -0.39 is 0 Å². The summed E-state index contributed by atoms with van der Waals surface area (Å²) >= 11 is 1.46. The van der Waals surface area contributed by atoms with Gasteiger partial charge in [0, 0.05) is 12.7 Å². The lowest BCUT2D eigenvalue weighted by molar-refractivity contribution is 0.176. The van der Waals surface area contributed by atoms with E-state index in [0.29, 0.717) is 23.9 Å². The standard InChI is InChI=1S/C13H14N4O3S/c1-18-7-11-14-15-13-17(11)16-12(21-13)8-4-5-9(19-2)10(6-8)20-3/h4-6H,7H2,1-3H3. The number of ether oxygens (including phenoxy) is 3. The van der Waals surface area contributed by atoms with Crippen molar-refractivity contribution >= 4 is 16.3 Å². The zero-order valence-electron chi connectivity index (χ0n) is 11.9. The first kappa shape index (κ1) is 13.8. The second-order valence-electron chi connectivity index (χ2n) is 4.22. The summed E-state index contributed by atoms with van der Waals surface area (Å²) in [6, 6.07) is 5.68. The van der Waals surface area contributed by atoms with E-state index in [1.165, 1.54) is 11.3 Å². The maximum Gasteiger partial charge on any atom is 0.235 e. The Kier molecular flexibility index (Phi) is 3.72. The Hall–Kier alpha value is -2.19. The first-order valence-electron chi connectivity index (χ1n) is 6.19. The van der Waals surface area contributed by atoms with Gasteiger partial charge in [0.2, 0.25) is 4.96 Å². The summed E-state index contributed by atoms with van der Waals surface area (Å²) < 4.78 is 17.3. The van der Waals surface area contributed by atoms with Gasteiger partial charge in [-0.25, -0.2) is 0 Å². The molecule has 0 amide bonds. The third-order valence-electron chi connectivity index (χ3n) is 2.96. The molecular weight excluding hydrogens is 292 g/mol. The number of fused-ring (bicyclic) bond motifs is 1. The summed E-state index contributed by atoms with van der Waals surface area (Å²) in [5, 5.41) is 13.5. The molecule has 0 bridgehead atoms. The third kappa shape index (κ3) is 2.43. The molecule has 0 spiro atoms. The highest BCUT2D eigenvalue weighted by atomic mass is 32.1. The van der Waals surface area contributed by atoms with Gasteiger partial charge in [0.05, 0.1) is 14.2 Å². The lowest BCUT2D eigenvalue weighted by Gasteiger charge is -2.07. The Morgan fingerprint density at radius 1 is 1.10 bits per heavy atom. The fourth-order valence-electron chi connectivity index (χ4n) is 1.96. The van der Waals surface area contributed by atoms with E-state index in [1.54, 1.807) is 25.8 Å². The second kappa shape index (κ2) is 5.66. The highest BCUT2D eigenvalue weighted by molar-refractivity contribution is 7.19. The SMILES string of the molecule is COCc1nnc2sc(-c3ccc(OC)c(OC)c3)nn12. The predicted molar refractivity (Wildman–Crippen MR) is 77.9 cm³/mol. The summed E-state index contributed by atoms with van der Waals surface area (Å²) in [7, 11) is 4.83. The Balaban J connectivity index is 2.03. The van der Waals surface area contributed by atoms with Crippen molar-refractivity contribution in [2.24, 2.45) is 0 Å². The van der Waals surface area contributed by atoms with Crippen LogP contribution in [-0.4, -0.2) is 41.1 Å². The molecule has 8 heteroatoms. The molecule has 0 atom stereocenters. The van der Waals surface area contributed by atoms with E-state index in [0.717, 1.165) is 15.5 Å². The first-order chi connectivity index (χ1) is 10.3. The average Bonchev–Trinajstić information content (AvgIpc) is 3.09. The minimum absolute atomic E-state index is 0.371. The van der Waals surface area contributed by atoms with Crippen LogP contribution < -0.4 is 9.47 Å². The van der Waals surface area contributed by atoms with Crippen LogP contribution in [0.5, 0.6) is 11.5 Å². The van der Waals surface area contributed by atoms with Crippen LogP contribution in [0, 0.1) is 0 Å². The van der Waals surface area contributed by atoms with E-state index in [2.05, 4.69) is 15.3 Å². The predicted octanol–water partition coefficient (Wildman–Crippen LogP) is 2.02. The first-order valence-corrected chi connectivity index (χ1v) is 7.01. The molecule has 3 rings (SSSR count). The molecule has 110 valence electrons. The lowest BCUT2D eigenvalue weighted by atomic mass is 10.2. The van der Waals surface area contributed by atoms with E-state index in [9.17, 15) is 0 Å². The van der Waals surface area contributed by atoms with Gasteiger partial charge in [0.1, 0.15) is 11.6 Å². The van der Waals surface area contributed by atoms with Crippen molar-refractivity contribution in [2.75, 3.05) is 21.3 Å². The molecule has 21 heavy (non-hydrogen) atoms. The van der Waals surface area contributed by atoms with Crippen molar-refractivity contribution in [3.05, 3.63) is 24.0 Å². The largest absolute Gasteiger partial charge is 0.493 e. The number of methoxy groups -OCH3 is 3. The molecule has 0 N–H and O–H groups in total. The van der Waals surface area contributed by atoms with E-state index in [-0.39, 0.29) is 0 Å². The van der Waals surface area contributed by atoms with Crippen LogP contribution >= 0.6 is 11.3 Å². The van der Waals surface area contributed by atoms with Crippen molar-refractivity contribution in [1.29, 1.82) is 0 Å². The molecule has 0 saturated carbocycles. The summed E-state index contributed by atoms with van der Waals surface area (Å²) in [5.41, 5.74) is 0.937. The molecule has 2 aromatic heterocycles. The molecule has 1 aromatic carbocycles. The van der Waals surface area contributed by atoms with Gasteiger partial charge in [-0.15, -0.1) is 10.2 Å². The second-order valence-corrected chi connectivity index (χ2v) is 5.18. The molecule has 0 unspecified atom stereocenters. The van der Waals surface area contributed by atoms with Crippen molar-refractivity contribution < 1.29 is 14.2 Å². The Labute approximate surface area is 125 Å². The maximum atomic E-state index is 5.31. The Bertz CT molecular complexity index is 768. The van der Waals surface area contributed by atoms with Gasteiger partial charge in [0.15, 0.2) is 17.3 Å². The number of hydrogen-bond acceptors (Lipinski definition) is 7. The topological polar surface area (TPSA) is 70.8 Å². The fourth-order valence-corrected chi connectivity index (χ4v) is 2.82. The van der Waals surface area contributed by atoms with Gasteiger partial charge in [-0.1, -0.05) is 11.3 Å². The van der Waals surface area contributed by atoms with Gasteiger partial charge in [-0.2, -0.15) is 9.61 Å². The highest BCUT2D eigenvalue weighted by Crippen LogP contribution is 2.33. The van der Waals surface area contributed by atoms with Crippen molar-refractivity contribution in [3.8, 4) is 22.1 Å². The van der Waals surface area contributed by atoms with E-state index in [4.69, 9.17) is 14.2 Å². The number of aromatic nitrogens is 4. The molecule has 0 radical (unpaired) electrons. The van der Waals surface area contributed by atoms with Gasteiger partial charge in [-0.3, -0.25) is 0 Å². The maximum absolute atomic E-state index is 5.31. The molecule has 0 aliphatic carbocycles. The Morgan fingerprint density at radius 3 is 2.62 bits per heavy atom. The van der Waals surface area contributed by atoms with Crippen LogP contribution in [0.1, 0.15) is 5.82 Å². The van der Waals surface area contributed by atoms with Gasteiger partial charge in [0.25, 0.3) is 0 Å². The molecule has 7 nitrogen and oxygen atoms in total. The molecule has 0 fully saturated rings. The van der Waals surface area contributed by atoms with E-state index >= 15 is 0 Å². The average molecular weight is 306 g/mol. The molecule has 2 heterocycles. The molecular formula is C13H14N4O3S. The minimum atomic E-state index is 0.371. The van der Waals surface area contributed by atoms with Crippen LogP contribution in [0.25, 0.3) is 15.5 Å². The fraction of sp³-hybridized carbons (Fsp3) is 0.308. The number of hydrogen-bond donors (Lipinski definition) is 0. The van der Waals surface area contributed by atoms with Crippen LogP contribution in [0.3, 0.4) is 0 Å². The number of benzene rings is 1. The monoisotopic (exact) mass is 306 g/mol. The van der Waals surface area contributed by atoms with Crippen molar-refractivity contribution in [3.63, 3.8) is 0 Å². The molecule has 0 aliphatic heterocycles. The Morgan fingerprint density at radius 2 is 1.90 bits per heavy atom. The number of nitrogens with zero attached hydrogens (tertiary/aromatic N) is 4. The molecule has 3 aromatic rings. The van der Waals surface area contributed by atoms with Crippen LogP contribution in [0.4, 0.5) is 0 Å². The number of rotatable bonds is 5. The zero-order chi connectivity index (χ0) is 14.8. The van der Waals surface area contributed by atoms with Gasteiger partial charge < -0.3 is 14.2 Å². The highest BCUT2D eigenvalue weighted by Gasteiger charge is 2.14. The summed E-state index contributed by atoms with van der Waals surface area (Å²) in [6.07, 6.45) is 0. The zero-order valence-corrected chi connectivity index (χ0v) is 12.7. The minimum Gasteiger partial charge on any atom is -0.493 e. The van der Waals surface area contributed by atoms with Crippen LogP contribution in [-0.2, 0) is 11.3 Å². The molecule has 0 saturated heterocycles. The lowest BCUT2D eigenvalue weighted by Crippen LogP contribution is -1.97. The van der Waals surface area contributed by atoms with Gasteiger partial charge >= 0.3 is 0 Å². The van der Waals surface area contributed by atoms with E-state index in [1.807, 2.05) is 18.2 Å². The van der Waals surface area contributed by atoms with Crippen LogP contribution in [0.15, 0.2) is 18.2 Å². The van der Waals surface area contributed by atoms with Crippen LogP contribution in [0.2, 0.25) is 0 Å². The van der Waals surface area contributed by atoms with Crippen molar-refractivity contribution in [2.45, 2.75) is 6.61 Å². The third-order valence-corrected chi connectivity index (χ3v) is 3.91. The quantitative estimate of drug-likeness (QED) is 0.718. The summed E-state index contributed by atoms with van der Waals surface area (Å²) in [4.78, 5) is 0.729. The molecule has 0 aliphatic rings. The summed E-state index contributed by atoms with van der Waals surface area (Å²) in [5.74, 6) is 2.03. The summed E-state index contributed by atoms with van der Waals surface area (Å²) in [6.45, 7) is 0.371. The normalized spacial score (nSPS) is 11.0.